The second-order valence-corrected chi connectivity index (χ2v) is 6.40. The summed E-state index contributed by atoms with van der Waals surface area (Å²) in [4.78, 5) is 14.6. The molecule has 0 saturated heterocycles. The molecule has 110 valence electrons. The van der Waals surface area contributed by atoms with Crippen LogP contribution < -0.4 is 5.32 Å². The second kappa shape index (κ2) is 7.16. The van der Waals surface area contributed by atoms with Crippen LogP contribution in [0.5, 0.6) is 0 Å². The molecule has 2 atom stereocenters. The van der Waals surface area contributed by atoms with Crippen LogP contribution in [0.25, 0.3) is 0 Å². The monoisotopic (exact) mass is 266 g/mol. The summed E-state index contributed by atoms with van der Waals surface area (Å²) >= 11 is 0. The van der Waals surface area contributed by atoms with Gasteiger partial charge in [0.05, 0.1) is 0 Å². The summed E-state index contributed by atoms with van der Waals surface area (Å²) < 4.78 is 0. The predicted octanol–water partition coefficient (Wildman–Crippen LogP) is 3.93. The standard InChI is InChI=1S/C16H30N2O/c1-3-18(14-10-5-4-6-11-14)16(19)17-15-12-8-7-9-13(15)2/h13-15H,3-12H2,1-2H3,(H,17,19). The number of rotatable bonds is 3. The Morgan fingerprint density at radius 3 is 2.32 bits per heavy atom. The maximum atomic E-state index is 12.5. The molecule has 0 heterocycles. The van der Waals surface area contributed by atoms with Gasteiger partial charge in [-0.05, 0) is 38.5 Å². The second-order valence-electron chi connectivity index (χ2n) is 6.40. The lowest BCUT2D eigenvalue weighted by Crippen LogP contribution is -2.51. The minimum atomic E-state index is 0.188. The molecule has 2 aliphatic carbocycles. The van der Waals surface area contributed by atoms with Crippen LogP contribution in [0.4, 0.5) is 4.79 Å². The van der Waals surface area contributed by atoms with Crippen molar-refractivity contribution in [2.75, 3.05) is 6.54 Å². The van der Waals surface area contributed by atoms with Gasteiger partial charge in [-0.25, -0.2) is 4.79 Å². The van der Waals surface area contributed by atoms with Crippen LogP contribution in [0.2, 0.25) is 0 Å². The summed E-state index contributed by atoms with van der Waals surface area (Å²) in [5.74, 6) is 0.641. The minimum absolute atomic E-state index is 0.188. The van der Waals surface area contributed by atoms with E-state index in [4.69, 9.17) is 0 Å². The van der Waals surface area contributed by atoms with E-state index in [2.05, 4.69) is 24.1 Å². The average molecular weight is 266 g/mol. The molecular weight excluding hydrogens is 236 g/mol. The van der Waals surface area contributed by atoms with Gasteiger partial charge in [-0.2, -0.15) is 0 Å². The van der Waals surface area contributed by atoms with Crippen molar-refractivity contribution in [2.45, 2.75) is 83.7 Å². The largest absolute Gasteiger partial charge is 0.335 e. The van der Waals surface area contributed by atoms with Gasteiger partial charge in [0.25, 0.3) is 0 Å². The van der Waals surface area contributed by atoms with Crippen LogP contribution >= 0.6 is 0 Å². The normalized spacial score (nSPS) is 28.9. The fraction of sp³-hybridized carbons (Fsp3) is 0.938. The molecule has 3 nitrogen and oxygen atoms in total. The molecule has 0 aromatic rings. The summed E-state index contributed by atoms with van der Waals surface area (Å²) in [6, 6.07) is 1.07. The van der Waals surface area contributed by atoms with Crippen molar-refractivity contribution >= 4 is 6.03 Å². The molecule has 2 saturated carbocycles. The lowest BCUT2D eigenvalue weighted by atomic mass is 9.86. The molecule has 0 bridgehead atoms. The van der Waals surface area contributed by atoms with Crippen molar-refractivity contribution in [3.63, 3.8) is 0 Å². The Labute approximate surface area is 118 Å². The van der Waals surface area contributed by atoms with E-state index in [1.807, 2.05) is 0 Å². The van der Waals surface area contributed by atoms with E-state index in [1.165, 1.54) is 51.4 Å². The molecule has 2 unspecified atom stereocenters. The zero-order valence-corrected chi connectivity index (χ0v) is 12.7. The topological polar surface area (TPSA) is 32.3 Å². The molecule has 2 aliphatic rings. The minimum Gasteiger partial charge on any atom is -0.335 e. The SMILES string of the molecule is CCN(C(=O)NC1CCCCC1C)C1CCCCC1. The fourth-order valence-electron chi connectivity index (χ4n) is 3.73. The molecule has 0 aliphatic heterocycles. The van der Waals surface area contributed by atoms with E-state index in [0.29, 0.717) is 18.0 Å². The van der Waals surface area contributed by atoms with Crippen molar-refractivity contribution < 1.29 is 4.79 Å². The highest BCUT2D eigenvalue weighted by Crippen LogP contribution is 2.25. The van der Waals surface area contributed by atoms with Gasteiger partial charge >= 0.3 is 6.03 Å². The van der Waals surface area contributed by atoms with Gasteiger partial charge in [-0.3, -0.25) is 0 Å². The van der Waals surface area contributed by atoms with E-state index in [-0.39, 0.29) is 6.03 Å². The van der Waals surface area contributed by atoms with Crippen LogP contribution in [0.1, 0.15) is 71.6 Å². The number of hydrogen-bond acceptors (Lipinski definition) is 1. The summed E-state index contributed by atoms with van der Waals surface area (Å²) in [6.45, 7) is 5.23. The Kier molecular flexibility index (Phi) is 5.53. The zero-order valence-electron chi connectivity index (χ0n) is 12.7. The first-order chi connectivity index (χ1) is 9.22. The third-order valence-corrected chi connectivity index (χ3v) is 5.04. The molecule has 2 amide bonds. The lowest BCUT2D eigenvalue weighted by molar-refractivity contribution is 0.149. The summed E-state index contributed by atoms with van der Waals surface area (Å²) in [5, 5.41) is 3.30. The van der Waals surface area contributed by atoms with Crippen LogP contribution in [0.3, 0.4) is 0 Å². The van der Waals surface area contributed by atoms with Gasteiger partial charge in [0.1, 0.15) is 0 Å². The van der Waals surface area contributed by atoms with E-state index < -0.39 is 0 Å². The Balaban J connectivity index is 1.88. The Hall–Kier alpha value is -0.730. The number of nitrogens with zero attached hydrogens (tertiary/aromatic N) is 1. The molecule has 3 heteroatoms. The van der Waals surface area contributed by atoms with Crippen LogP contribution in [0.15, 0.2) is 0 Å². The Morgan fingerprint density at radius 2 is 1.68 bits per heavy atom. The maximum Gasteiger partial charge on any atom is 0.317 e. The van der Waals surface area contributed by atoms with E-state index in [0.717, 1.165) is 13.0 Å². The first kappa shape index (κ1) is 14.7. The van der Waals surface area contributed by atoms with Crippen molar-refractivity contribution in [1.82, 2.24) is 10.2 Å². The van der Waals surface area contributed by atoms with Gasteiger partial charge in [0.15, 0.2) is 0 Å². The Bertz CT molecular complexity index is 286. The van der Waals surface area contributed by atoms with Crippen LogP contribution in [0, 0.1) is 5.92 Å². The third-order valence-electron chi connectivity index (χ3n) is 5.04. The van der Waals surface area contributed by atoms with Gasteiger partial charge in [-0.1, -0.05) is 39.0 Å². The molecule has 2 fully saturated rings. The van der Waals surface area contributed by atoms with Crippen molar-refractivity contribution in [1.29, 1.82) is 0 Å². The van der Waals surface area contributed by atoms with Crippen molar-refractivity contribution in [3.05, 3.63) is 0 Å². The molecule has 1 N–H and O–H groups in total. The van der Waals surface area contributed by atoms with Gasteiger partial charge < -0.3 is 10.2 Å². The number of hydrogen-bond donors (Lipinski definition) is 1. The molecule has 2 rings (SSSR count). The molecule has 0 spiro atoms. The summed E-state index contributed by atoms with van der Waals surface area (Å²) in [7, 11) is 0. The predicted molar refractivity (Wildman–Crippen MR) is 79.2 cm³/mol. The van der Waals surface area contributed by atoms with Crippen LogP contribution in [-0.2, 0) is 0 Å². The number of carbonyl (C=O) groups excluding carboxylic acids is 1. The quantitative estimate of drug-likeness (QED) is 0.824. The molecular formula is C16H30N2O. The highest BCUT2D eigenvalue weighted by atomic mass is 16.2. The number of carbonyl (C=O) groups is 1. The van der Waals surface area contributed by atoms with E-state index in [1.54, 1.807) is 0 Å². The zero-order chi connectivity index (χ0) is 13.7. The molecule has 0 radical (unpaired) electrons. The summed E-state index contributed by atoms with van der Waals surface area (Å²) in [5.41, 5.74) is 0. The van der Waals surface area contributed by atoms with Crippen molar-refractivity contribution in [3.8, 4) is 0 Å². The fourth-order valence-corrected chi connectivity index (χ4v) is 3.73. The first-order valence-electron chi connectivity index (χ1n) is 8.29. The number of nitrogens with one attached hydrogen (secondary N) is 1. The number of urea groups is 1. The Morgan fingerprint density at radius 1 is 1.05 bits per heavy atom. The average Bonchev–Trinajstić information content (AvgIpc) is 2.43. The molecule has 0 aromatic carbocycles. The van der Waals surface area contributed by atoms with Crippen molar-refractivity contribution in [2.24, 2.45) is 5.92 Å². The highest BCUT2D eigenvalue weighted by molar-refractivity contribution is 5.75. The smallest absolute Gasteiger partial charge is 0.317 e. The molecule has 0 aromatic heterocycles. The van der Waals surface area contributed by atoms with Gasteiger partial charge in [0, 0.05) is 18.6 Å². The third kappa shape index (κ3) is 3.87. The summed E-state index contributed by atoms with van der Waals surface area (Å²) in [6.07, 6.45) is 11.3. The maximum absolute atomic E-state index is 12.5. The van der Waals surface area contributed by atoms with E-state index >= 15 is 0 Å². The van der Waals surface area contributed by atoms with Crippen LogP contribution in [-0.4, -0.2) is 29.6 Å². The first-order valence-corrected chi connectivity index (χ1v) is 8.29. The highest BCUT2D eigenvalue weighted by Gasteiger charge is 2.28. The number of amides is 2. The van der Waals surface area contributed by atoms with Gasteiger partial charge in [0.2, 0.25) is 0 Å². The van der Waals surface area contributed by atoms with E-state index in [9.17, 15) is 4.79 Å². The van der Waals surface area contributed by atoms with Gasteiger partial charge in [-0.15, -0.1) is 0 Å². The molecule has 19 heavy (non-hydrogen) atoms. The lowest BCUT2D eigenvalue weighted by Gasteiger charge is -2.36.